The lowest BCUT2D eigenvalue weighted by Crippen LogP contribution is -2.00. The standard InChI is InChI=1S/C15H12O/c1-2-8-13-12(6-1)7-5-9-14(13)15-10-3-4-11-16-15/h1-11,15H/i9D. The van der Waals surface area contributed by atoms with Gasteiger partial charge in [-0.1, -0.05) is 48.5 Å². The van der Waals surface area contributed by atoms with Crippen LogP contribution in [0.5, 0.6) is 0 Å². The van der Waals surface area contributed by atoms with E-state index in [1.54, 1.807) is 6.26 Å². The predicted octanol–water partition coefficient (Wildman–Crippen LogP) is 3.98. The van der Waals surface area contributed by atoms with E-state index in [1.165, 1.54) is 0 Å². The summed E-state index contributed by atoms with van der Waals surface area (Å²) in [5.41, 5.74) is 0.934. The van der Waals surface area contributed by atoms with Gasteiger partial charge in [0, 0.05) is 5.56 Å². The van der Waals surface area contributed by atoms with Gasteiger partial charge in [0.15, 0.2) is 0 Å². The summed E-state index contributed by atoms with van der Waals surface area (Å²) in [6.07, 6.45) is 7.30. The minimum absolute atomic E-state index is 0.154. The van der Waals surface area contributed by atoms with Crippen molar-refractivity contribution in [3.05, 3.63) is 72.5 Å². The maximum atomic E-state index is 8.05. The van der Waals surface area contributed by atoms with E-state index in [-0.39, 0.29) is 6.10 Å². The van der Waals surface area contributed by atoms with Crippen molar-refractivity contribution in [3.8, 4) is 0 Å². The molecule has 2 aromatic rings. The monoisotopic (exact) mass is 209 g/mol. The summed E-state index contributed by atoms with van der Waals surface area (Å²) in [5, 5.41) is 2.23. The Morgan fingerprint density at radius 3 is 2.81 bits per heavy atom. The number of rotatable bonds is 1. The molecule has 0 bridgehead atoms. The van der Waals surface area contributed by atoms with Gasteiger partial charge in [0.05, 0.1) is 7.63 Å². The summed E-state index contributed by atoms with van der Waals surface area (Å²) >= 11 is 0. The Kier molecular flexibility index (Phi) is 1.97. The molecule has 1 aliphatic heterocycles. The van der Waals surface area contributed by atoms with Crippen LogP contribution in [0.2, 0.25) is 0 Å². The number of allylic oxidation sites excluding steroid dienone is 2. The van der Waals surface area contributed by atoms with Crippen molar-refractivity contribution in [1.82, 2.24) is 0 Å². The summed E-state index contributed by atoms with van der Waals surface area (Å²) in [7, 11) is 0. The van der Waals surface area contributed by atoms with Crippen LogP contribution in [-0.4, -0.2) is 0 Å². The number of hydrogen-bond donors (Lipinski definition) is 0. The van der Waals surface area contributed by atoms with Crippen LogP contribution in [0.1, 0.15) is 13.0 Å². The Balaban J connectivity index is 2.23. The number of benzene rings is 2. The minimum Gasteiger partial charge on any atom is -0.489 e. The molecule has 1 atom stereocenters. The molecule has 0 amide bonds. The van der Waals surface area contributed by atoms with Crippen molar-refractivity contribution < 1.29 is 6.11 Å². The lowest BCUT2D eigenvalue weighted by Gasteiger charge is -2.17. The Bertz CT molecular complexity index is 613. The van der Waals surface area contributed by atoms with E-state index >= 15 is 0 Å². The molecule has 3 rings (SSSR count). The highest BCUT2D eigenvalue weighted by Crippen LogP contribution is 2.28. The topological polar surface area (TPSA) is 9.23 Å². The average Bonchev–Trinajstić information content (AvgIpc) is 2.39. The van der Waals surface area contributed by atoms with E-state index in [0.717, 1.165) is 16.3 Å². The summed E-state index contributed by atoms with van der Waals surface area (Å²) in [6.45, 7) is 0. The Morgan fingerprint density at radius 1 is 1.06 bits per heavy atom. The first-order valence-electron chi connectivity index (χ1n) is 5.83. The van der Waals surface area contributed by atoms with Crippen LogP contribution in [0.15, 0.2) is 66.9 Å². The van der Waals surface area contributed by atoms with Crippen molar-refractivity contribution in [1.29, 1.82) is 0 Å². The predicted molar refractivity (Wildman–Crippen MR) is 66.1 cm³/mol. The summed E-state index contributed by atoms with van der Waals surface area (Å²) in [5.74, 6) is 0. The van der Waals surface area contributed by atoms with E-state index in [0.29, 0.717) is 6.04 Å². The van der Waals surface area contributed by atoms with E-state index in [4.69, 9.17) is 6.11 Å². The lowest BCUT2D eigenvalue weighted by molar-refractivity contribution is 0.187. The third-order valence-corrected chi connectivity index (χ3v) is 2.74. The van der Waals surface area contributed by atoms with Crippen molar-refractivity contribution in [2.24, 2.45) is 0 Å². The second kappa shape index (κ2) is 3.86. The zero-order valence-electron chi connectivity index (χ0n) is 9.76. The first-order chi connectivity index (χ1) is 8.36. The number of ether oxygens (including phenoxy) is 1. The van der Waals surface area contributed by atoms with Crippen molar-refractivity contribution in [2.45, 2.75) is 6.10 Å². The van der Waals surface area contributed by atoms with Gasteiger partial charge in [0.2, 0.25) is 0 Å². The molecule has 1 heterocycles. The molecule has 0 N–H and O–H groups in total. The summed E-state index contributed by atoms with van der Waals surface area (Å²) in [6, 6.07) is 12.4. The van der Waals surface area contributed by atoms with Gasteiger partial charge in [-0.2, -0.15) is 0 Å². The van der Waals surface area contributed by atoms with Crippen LogP contribution in [-0.2, 0) is 4.74 Å². The highest BCUT2D eigenvalue weighted by atomic mass is 16.5. The Labute approximate surface area is 96.1 Å². The third-order valence-electron chi connectivity index (χ3n) is 2.74. The second-order valence-electron chi connectivity index (χ2n) is 3.75. The van der Waals surface area contributed by atoms with Crippen molar-refractivity contribution >= 4 is 10.8 Å². The molecule has 0 radical (unpaired) electrons. The quantitative estimate of drug-likeness (QED) is 0.690. The number of hydrogen-bond acceptors (Lipinski definition) is 1. The molecule has 0 spiro atoms. The molecule has 1 aliphatic rings. The van der Waals surface area contributed by atoms with Gasteiger partial charge in [-0.3, -0.25) is 0 Å². The van der Waals surface area contributed by atoms with Gasteiger partial charge < -0.3 is 4.74 Å². The molecule has 16 heavy (non-hydrogen) atoms. The number of fused-ring (bicyclic) bond motifs is 1. The lowest BCUT2D eigenvalue weighted by atomic mass is 10.00. The van der Waals surface area contributed by atoms with E-state index in [2.05, 4.69) is 6.07 Å². The summed E-state index contributed by atoms with van der Waals surface area (Å²) in [4.78, 5) is 0. The van der Waals surface area contributed by atoms with Gasteiger partial charge in [0.25, 0.3) is 0 Å². The zero-order chi connectivity index (χ0) is 11.7. The van der Waals surface area contributed by atoms with Gasteiger partial charge in [-0.15, -0.1) is 0 Å². The first kappa shape index (κ1) is 8.17. The minimum atomic E-state index is -0.154. The fraction of sp³-hybridized carbons (Fsp3) is 0.0667. The molecular formula is C15H12O. The zero-order valence-corrected chi connectivity index (χ0v) is 8.76. The van der Waals surface area contributed by atoms with Crippen LogP contribution >= 0.6 is 0 Å². The normalized spacial score (nSPS) is 19.5. The molecule has 0 aliphatic carbocycles. The van der Waals surface area contributed by atoms with Gasteiger partial charge >= 0.3 is 0 Å². The van der Waals surface area contributed by atoms with Crippen molar-refractivity contribution in [3.63, 3.8) is 0 Å². The molecule has 0 fully saturated rings. The van der Waals surface area contributed by atoms with Crippen LogP contribution in [0, 0.1) is 0 Å². The third kappa shape index (κ3) is 1.50. The Hall–Kier alpha value is -2.02. The maximum absolute atomic E-state index is 8.05. The van der Waals surface area contributed by atoms with Crippen LogP contribution in [0.25, 0.3) is 10.8 Å². The molecule has 2 aromatic carbocycles. The Morgan fingerprint density at radius 2 is 1.94 bits per heavy atom. The molecule has 0 saturated heterocycles. The largest absolute Gasteiger partial charge is 0.489 e. The van der Waals surface area contributed by atoms with E-state index in [9.17, 15) is 0 Å². The van der Waals surface area contributed by atoms with Crippen LogP contribution < -0.4 is 0 Å². The molecule has 0 saturated carbocycles. The van der Waals surface area contributed by atoms with Gasteiger partial charge in [-0.05, 0) is 22.9 Å². The van der Waals surface area contributed by atoms with Gasteiger partial charge in [-0.25, -0.2) is 0 Å². The average molecular weight is 209 g/mol. The molecule has 1 nitrogen and oxygen atoms in total. The fourth-order valence-corrected chi connectivity index (χ4v) is 1.97. The molecule has 1 unspecified atom stereocenters. The van der Waals surface area contributed by atoms with Gasteiger partial charge in [0.1, 0.15) is 6.10 Å². The van der Waals surface area contributed by atoms with E-state index in [1.807, 2.05) is 48.6 Å². The smallest absolute Gasteiger partial charge is 0.142 e. The molecule has 78 valence electrons. The second-order valence-corrected chi connectivity index (χ2v) is 3.75. The molecule has 1 heteroatoms. The SMILES string of the molecule is [2H]c1ccc2ccccc2c1C1C=CC=CO1. The van der Waals surface area contributed by atoms with Crippen LogP contribution in [0.4, 0.5) is 0 Å². The molecule has 0 aromatic heterocycles. The highest BCUT2D eigenvalue weighted by molar-refractivity contribution is 5.86. The first-order valence-corrected chi connectivity index (χ1v) is 5.33. The van der Waals surface area contributed by atoms with Crippen molar-refractivity contribution in [2.75, 3.05) is 0 Å². The highest BCUT2D eigenvalue weighted by Gasteiger charge is 2.12. The fourth-order valence-electron chi connectivity index (χ4n) is 1.97. The summed E-state index contributed by atoms with van der Waals surface area (Å²) < 4.78 is 13.6. The molecular weight excluding hydrogens is 196 g/mol. The van der Waals surface area contributed by atoms with Crippen LogP contribution in [0.3, 0.4) is 0 Å². The van der Waals surface area contributed by atoms with E-state index < -0.39 is 0 Å². The maximum Gasteiger partial charge on any atom is 0.142 e.